The summed E-state index contributed by atoms with van der Waals surface area (Å²) in [5.41, 5.74) is 0.731. The Hall–Kier alpha value is -1.03. The zero-order chi connectivity index (χ0) is 10.4. The lowest BCUT2D eigenvalue weighted by Gasteiger charge is -2.05. The first-order chi connectivity index (χ1) is 6.72. The Morgan fingerprint density at radius 3 is 2.64 bits per heavy atom. The van der Waals surface area contributed by atoms with Gasteiger partial charge in [0.25, 0.3) is 0 Å². The molecule has 0 unspecified atom stereocenters. The summed E-state index contributed by atoms with van der Waals surface area (Å²) in [4.78, 5) is 11.1. The monoisotopic (exact) mass is 257 g/mol. The third-order valence-electron chi connectivity index (χ3n) is 1.53. The van der Waals surface area contributed by atoms with E-state index in [9.17, 15) is 4.79 Å². The fraction of sp³-hybridized carbons (Fsp3) is 0.300. The molecule has 0 saturated heterocycles. The van der Waals surface area contributed by atoms with Gasteiger partial charge in [0.2, 0.25) is 0 Å². The zero-order valence-corrected chi connectivity index (χ0v) is 9.50. The van der Waals surface area contributed by atoms with E-state index in [-0.39, 0.29) is 0 Å². The summed E-state index contributed by atoms with van der Waals surface area (Å²) >= 11 is 3.31. The van der Waals surface area contributed by atoms with Crippen LogP contribution in [0.5, 0.6) is 0 Å². The highest BCUT2D eigenvalue weighted by Crippen LogP contribution is 2.14. The Morgan fingerprint density at radius 1 is 1.43 bits per heavy atom. The van der Waals surface area contributed by atoms with Crippen molar-refractivity contribution in [2.45, 2.75) is 13.3 Å². The van der Waals surface area contributed by atoms with Crippen molar-refractivity contribution in [2.24, 2.45) is 0 Å². The molecule has 14 heavy (non-hydrogen) atoms. The van der Waals surface area contributed by atoms with E-state index >= 15 is 0 Å². The van der Waals surface area contributed by atoms with E-state index in [0.29, 0.717) is 6.61 Å². The van der Waals surface area contributed by atoms with Crippen molar-refractivity contribution >= 4 is 27.7 Å². The number of ether oxygens (including phenoxy) is 1. The molecule has 0 aliphatic carbocycles. The fourth-order valence-corrected chi connectivity index (χ4v) is 1.15. The minimum Gasteiger partial charge on any atom is -0.449 e. The third-order valence-corrected chi connectivity index (χ3v) is 2.06. The number of hydrogen-bond acceptors (Lipinski definition) is 2. The van der Waals surface area contributed by atoms with E-state index < -0.39 is 6.09 Å². The molecule has 0 aromatic heterocycles. The molecule has 76 valence electrons. The SMILES string of the molecule is CCCOC(=O)Nc1ccc(Br)cc1. The second kappa shape index (κ2) is 5.65. The van der Waals surface area contributed by atoms with Crippen LogP contribution in [0.3, 0.4) is 0 Å². The van der Waals surface area contributed by atoms with Gasteiger partial charge in [0, 0.05) is 10.2 Å². The van der Waals surface area contributed by atoms with Gasteiger partial charge in [-0.3, -0.25) is 5.32 Å². The molecule has 0 saturated carbocycles. The average molecular weight is 258 g/mol. The molecule has 0 bridgehead atoms. The van der Waals surface area contributed by atoms with Crippen LogP contribution in [-0.4, -0.2) is 12.7 Å². The average Bonchev–Trinajstić information content (AvgIpc) is 2.18. The summed E-state index contributed by atoms with van der Waals surface area (Å²) in [6.07, 6.45) is 0.419. The molecule has 0 fully saturated rings. The van der Waals surface area contributed by atoms with Crippen molar-refractivity contribution in [3.05, 3.63) is 28.7 Å². The summed E-state index contributed by atoms with van der Waals surface area (Å²) in [5.74, 6) is 0. The highest BCUT2D eigenvalue weighted by molar-refractivity contribution is 9.10. The van der Waals surface area contributed by atoms with Crippen molar-refractivity contribution < 1.29 is 9.53 Å². The van der Waals surface area contributed by atoms with Gasteiger partial charge in [-0.25, -0.2) is 4.79 Å². The van der Waals surface area contributed by atoms with E-state index in [1.807, 2.05) is 19.1 Å². The summed E-state index contributed by atoms with van der Waals surface area (Å²) < 4.78 is 5.84. The van der Waals surface area contributed by atoms with Crippen molar-refractivity contribution in [1.29, 1.82) is 0 Å². The van der Waals surface area contributed by atoms with Crippen LogP contribution in [0.2, 0.25) is 0 Å². The van der Waals surface area contributed by atoms with Crippen LogP contribution in [0, 0.1) is 0 Å². The molecule has 0 spiro atoms. The maximum Gasteiger partial charge on any atom is 0.411 e. The van der Waals surface area contributed by atoms with Crippen LogP contribution in [-0.2, 0) is 4.74 Å². The van der Waals surface area contributed by atoms with Crippen LogP contribution < -0.4 is 5.32 Å². The first-order valence-corrected chi connectivity index (χ1v) is 5.21. The van der Waals surface area contributed by atoms with E-state index in [2.05, 4.69) is 21.2 Å². The first kappa shape index (κ1) is 11.0. The molecule has 1 aromatic carbocycles. The maximum absolute atomic E-state index is 11.1. The Kier molecular flexibility index (Phi) is 4.46. The standard InChI is InChI=1S/C10H12BrNO2/c1-2-7-14-10(13)12-9-5-3-8(11)4-6-9/h3-6H,2,7H2,1H3,(H,12,13). The lowest BCUT2D eigenvalue weighted by molar-refractivity contribution is 0.161. The van der Waals surface area contributed by atoms with Crippen molar-refractivity contribution in [1.82, 2.24) is 0 Å². The van der Waals surface area contributed by atoms with Gasteiger partial charge in [-0.15, -0.1) is 0 Å². The van der Waals surface area contributed by atoms with Crippen molar-refractivity contribution in [3.63, 3.8) is 0 Å². The molecule has 1 aromatic rings. The fourth-order valence-electron chi connectivity index (χ4n) is 0.882. The van der Waals surface area contributed by atoms with Crippen LogP contribution >= 0.6 is 15.9 Å². The van der Waals surface area contributed by atoms with Gasteiger partial charge >= 0.3 is 6.09 Å². The van der Waals surface area contributed by atoms with E-state index in [1.54, 1.807) is 12.1 Å². The molecule has 1 rings (SSSR count). The molecule has 1 N–H and O–H groups in total. The minimum absolute atomic E-state index is 0.408. The molecule has 0 aliphatic heterocycles. The van der Waals surface area contributed by atoms with Crippen LogP contribution in [0.4, 0.5) is 10.5 Å². The van der Waals surface area contributed by atoms with Gasteiger partial charge in [-0.2, -0.15) is 0 Å². The molecule has 0 heterocycles. The van der Waals surface area contributed by atoms with Crippen molar-refractivity contribution in [2.75, 3.05) is 11.9 Å². The topological polar surface area (TPSA) is 38.3 Å². The highest BCUT2D eigenvalue weighted by atomic mass is 79.9. The molecular weight excluding hydrogens is 246 g/mol. The molecule has 0 aliphatic rings. The largest absolute Gasteiger partial charge is 0.449 e. The molecule has 4 heteroatoms. The van der Waals surface area contributed by atoms with Gasteiger partial charge < -0.3 is 4.74 Å². The number of halogens is 1. The number of benzene rings is 1. The molecular formula is C10H12BrNO2. The Balaban J connectivity index is 2.44. The summed E-state index contributed by atoms with van der Waals surface area (Å²) in [5, 5.41) is 2.62. The number of amides is 1. The zero-order valence-electron chi connectivity index (χ0n) is 7.92. The number of rotatable bonds is 3. The number of carbonyl (C=O) groups is 1. The Labute approximate surface area is 91.6 Å². The Morgan fingerprint density at radius 2 is 2.07 bits per heavy atom. The van der Waals surface area contributed by atoms with Crippen molar-refractivity contribution in [3.8, 4) is 0 Å². The number of anilines is 1. The van der Waals surface area contributed by atoms with E-state index in [1.165, 1.54) is 0 Å². The predicted octanol–water partition coefficient (Wildman–Crippen LogP) is 3.41. The summed E-state index contributed by atoms with van der Waals surface area (Å²) in [7, 11) is 0. The summed E-state index contributed by atoms with van der Waals surface area (Å²) in [6.45, 7) is 2.40. The van der Waals surface area contributed by atoms with Crippen LogP contribution in [0.1, 0.15) is 13.3 Å². The van der Waals surface area contributed by atoms with Gasteiger partial charge in [0.15, 0.2) is 0 Å². The van der Waals surface area contributed by atoms with Crippen LogP contribution in [0.15, 0.2) is 28.7 Å². The van der Waals surface area contributed by atoms with Crippen LogP contribution in [0.25, 0.3) is 0 Å². The first-order valence-electron chi connectivity index (χ1n) is 4.41. The number of nitrogens with one attached hydrogen (secondary N) is 1. The minimum atomic E-state index is -0.408. The number of hydrogen-bond donors (Lipinski definition) is 1. The van der Waals surface area contributed by atoms with Gasteiger partial charge in [-0.1, -0.05) is 22.9 Å². The quantitative estimate of drug-likeness (QED) is 0.902. The molecule has 0 atom stereocenters. The Bertz CT molecular complexity index is 297. The highest BCUT2D eigenvalue weighted by Gasteiger charge is 2.01. The molecule has 3 nitrogen and oxygen atoms in total. The van der Waals surface area contributed by atoms with E-state index in [0.717, 1.165) is 16.6 Å². The molecule has 0 radical (unpaired) electrons. The lowest BCUT2D eigenvalue weighted by Crippen LogP contribution is -2.13. The molecule has 1 amide bonds. The lowest BCUT2D eigenvalue weighted by atomic mass is 10.3. The normalized spacial score (nSPS) is 9.57. The van der Waals surface area contributed by atoms with Gasteiger partial charge in [-0.05, 0) is 30.7 Å². The smallest absolute Gasteiger partial charge is 0.411 e. The van der Waals surface area contributed by atoms with Gasteiger partial charge in [0.05, 0.1) is 6.61 Å². The number of carbonyl (C=O) groups excluding carboxylic acids is 1. The summed E-state index contributed by atoms with van der Waals surface area (Å²) in [6, 6.07) is 7.32. The van der Waals surface area contributed by atoms with Gasteiger partial charge in [0.1, 0.15) is 0 Å². The third kappa shape index (κ3) is 3.79. The second-order valence-electron chi connectivity index (χ2n) is 2.77. The maximum atomic E-state index is 11.1. The second-order valence-corrected chi connectivity index (χ2v) is 3.68. The van der Waals surface area contributed by atoms with E-state index in [4.69, 9.17) is 4.74 Å². The predicted molar refractivity (Wildman–Crippen MR) is 59.4 cm³/mol.